The van der Waals surface area contributed by atoms with Crippen LogP contribution in [0.25, 0.3) is 0 Å². The number of hydrogen-bond donors (Lipinski definition) is 2. The number of nitrogens with zero attached hydrogens (tertiary/aromatic N) is 4. The summed E-state index contributed by atoms with van der Waals surface area (Å²) in [5.41, 5.74) is -0.276. The zero-order valence-corrected chi connectivity index (χ0v) is 18.1. The molecular weight excluding hydrogens is 450 g/mol. The molecule has 10 nitrogen and oxygen atoms in total. The molecule has 3 rings (SSSR count). The number of aromatic nitrogens is 4. The molecule has 13 heteroatoms. The zero-order chi connectivity index (χ0) is 23.1. The molecule has 2 amide bonds. The molecule has 1 aliphatic heterocycles. The van der Waals surface area contributed by atoms with Gasteiger partial charge >= 0.3 is 6.61 Å². The summed E-state index contributed by atoms with van der Waals surface area (Å²) in [5, 5.41) is 16.0. The second-order valence-electron chi connectivity index (χ2n) is 7.09. The first-order chi connectivity index (χ1) is 15.4. The minimum absolute atomic E-state index is 0.0689. The fourth-order valence-electron chi connectivity index (χ4n) is 3.15. The third kappa shape index (κ3) is 5.88. The quantitative estimate of drug-likeness (QED) is 0.574. The Bertz CT molecular complexity index is 952. The first kappa shape index (κ1) is 23.8. The maximum absolute atomic E-state index is 12.9. The number of unbranched alkanes of at least 4 members (excludes halogenated alkanes) is 1. The molecule has 0 spiro atoms. The molecule has 2 aromatic rings. The summed E-state index contributed by atoms with van der Waals surface area (Å²) in [6.07, 6.45) is 2.67. The molecule has 1 saturated heterocycles. The Balaban J connectivity index is 1.85. The lowest BCUT2D eigenvalue weighted by Gasteiger charge is -2.22. The van der Waals surface area contributed by atoms with Crippen molar-refractivity contribution in [2.75, 3.05) is 23.8 Å². The van der Waals surface area contributed by atoms with Crippen molar-refractivity contribution in [3.05, 3.63) is 22.7 Å². The van der Waals surface area contributed by atoms with E-state index in [1.165, 1.54) is 10.7 Å². The lowest BCUT2D eigenvalue weighted by molar-refractivity contribution is -0.122. The maximum atomic E-state index is 12.9. The van der Waals surface area contributed by atoms with Crippen molar-refractivity contribution in [2.24, 2.45) is 5.92 Å². The third-order valence-corrected chi connectivity index (χ3v) is 5.28. The summed E-state index contributed by atoms with van der Waals surface area (Å²) >= 11 is 6.36. The highest BCUT2D eigenvalue weighted by Crippen LogP contribution is 2.37. The van der Waals surface area contributed by atoms with Crippen LogP contribution in [0.15, 0.2) is 12.1 Å². The zero-order valence-electron chi connectivity index (χ0n) is 17.3. The number of halogens is 3. The first-order valence-corrected chi connectivity index (χ1v) is 10.5. The predicted molar refractivity (Wildman–Crippen MR) is 111 cm³/mol. The molecule has 0 atom stereocenters. The second kappa shape index (κ2) is 11.1. The molecule has 0 saturated carbocycles. The van der Waals surface area contributed by atoms with Gasteiger partial charge in [0.25, 0.3) is 5.91 Å². The van der Waals surface area contributed by atoms with Gasteiger partial charge in [0.2, 0.25) is 11.9 Å². The van der Waals surface area contributed by atoms with Gasteiger partial charge in [0.05, 0.1) is 10.6 Å². The number of alkyl halides is 2. The molecule has 174 valence electrons. The second-order valence-corrected chi connectivity index (χ2v) is 7.47. The number of carbonyl (C=O) groups excluding carboxylic acids is 2. The maximum Gasteiger partial charge on any atom is 0.387 e. The number of amides is 2. The van der Waals surface area contributed by atoms with Gasteiger partial charge < -0.3 is 14.8 Å². The number of rotatable bonds is 9. The van der Waals surface area contributed by atoms with Crippen molar-refractivity contribution in [2.45, 2.75) is 45.8 Å². The number of anilines is 2. The van der Waals surface area contributed by atoms with E-state index in [4.69, 9.17) is 16.3 Å². The summed E-state index contributed by atoms with van der Waals surface area (Å²) < 4.78 is 36.9. The van der Waals surface area contributed by atoms with Crippen molar-refractivity contribution in [1.82, 2.24) is 20.2 Å². The molecule has 0 radical (unpaired) electrons. The van der Waals surface area contributed by atoms with Crippen molar-refractivity contribution < 1.29 is 27.8 Å². The van der Waals surface area contributed by atoms with E-state index >= 15 is 0 Å². The minimum Gasteiger partial charge on any atom is -0.433 e. The van der Waals surface area contributed by atoms with Crippen molar-refractivity contribution >= 4 is 35.1 Å². The van der Waals surface area contributed by atoms with E-state index < -0.39 is 18.4 Å². The number of ether oxygens (including phenoxy) is 2. The Hall–Kier alpha value is -2.86. The molecule has 0 bridgehead atoms. The first-order valence-electron chi connectivity index (χ1n) is 10.1. The van der Waals surface area contributed by atoms with Crippen LogP contribution in [-0.2, 0) is 16.1 Å². The molecular formula is C19H23ClF2N6O4. The predicted octanol–water partition coefficient (Wildman–Crippen LogP) is 3.35. The fraction of sp³-hybridized carbons (Fsp3) is 0.526. The molecule has 1 aromatic heterocycles. The van der Waals surface area contributed by atoms with Gasteiger partial charge in [0.15, 0.2) is 5.75 Å². The Morgan fingerprint density at radius 1 is 1.31 bits per heavy atom. The number of tetrazole rings is 1. The minimum atomic E-state index is -3.15. The topological polar surface area (TPSA) is 120 Å². The van der Waals surface area contributed by atoms with Crippen LogP contribution in [0.1, 0.15) is 43.0 Å². The van der Waals surface area contributed by atoms with Gasteiger partial charge in [-0.05, 0) is 41.8 Å². The van der Waals surface area contributed by atoms with Crippen LogP contribution in [0.3, 0.4) is 0 Å². The van der Waals surface area contributed by atoms with Gasteiger partial charge in [0.1, 0.15) is 5.69 Å². The lowest BCUT2D eigenvalue weighted by Crippen LogP contribution is -2.29. The van der Waals surface area contributed by atoms with Crippen LogP contribution in [-0.4, -0.2) is 51.8 Å². The molecule has 1 fully saturated rings. The van der Waals surface area contributed by atoms with Crippen molar-refractivity contribution in [3.8, 4) is 5.75 Å². The Kier molecular flexibility index (Phi) is 8.28. The van der Waals surface area contributed by atoms with Gasteiger partial charge in [-0.15, -0.1) is 0 Å². The van der Waals surface area contributed by atoms with E-state index in [1.807, 2.05) is 6.92 Å². The van der Waals surface area contributed by atoms with Crippen LogP contribution < -0.4 is 15.4 Å². The average Bonchev–Trinajstić information content (AvgIpc) is 3.21. The summed E-state index contributed by atoms with van der Waals surface area (Å²) in [7, 11) is 0. The highest BCUT2D eigenvalue weighted by Gasteiger charge is 2.26. The van der Waals surface area contributed by atoms with Crippen LogP contribution in [0.4, 0.5) is 20.4 Å². The molecule has 0 unspecified atom stereocenters. The average molecular weight is 473 g/mol. The molecule has 2 heterocycles. The molecule has 32 heavy (non-hydrogen) atoms. The molecule has 2 N–H and O–H groups in total. The van der Waals surface area contributed by atoms with Crippen LogP contribution >= 0.6 is 11.6 Å². The highest BCUT2D eigenvalue weighted by atomic mass is 35.5. The number of nitrogens with one attached hydrogen (secondary N) is 2. The van der Waals surface area contributed by atoms with Gasteiger partial charge in [-0.1, -0.05) is 30.0 Å². The monoisotopic (exact) mass is 472 g/mol. The molecule has 1 aromatic carbocycles. The molecule has 0 aliphatic carbocycles. The van der Waals surface area contributed by atoms with E-state index in [0.29, 0.717) is 32.6 Å². The van der Waals surface area contributed by atoms with E-state index in [-0.39, 0.29) is 33.9 Å². The van der Waals surface area contributed by atoms with Crippen LogP contribution in [0.2, 0.25) is 5.02 Å². The van der Waals surface area contributed by atoms with Gasteiger partial charge in [-0.3, -0.25) is 14.9 Å². The number of aryl methyl sites for hydroxylation is 1. The molecule has 1 aliphatic rings. The van der Waals surface area contributed by atoms with E-state index in [9.17, 15) is 18.4 Å². The Labute approximate surface area is 187 Å². The van der Waals surface area contributed by atoms with Crippen LogP contribution in [0.5, 0.6) is 5.75 Å². The third-order valence-electron chi connectivity index (χ3n) is 4.89. The largest absolute Gasteiger partial charge is 0.433 e. The lowest BCUT2D eigenvalue weighted by atomic mass is 9.99. The number of benzene rings is 1. The van der Waals surface area contributed by atoms with Gasteiger partial charge in [-0.25, -0.2) is 4.68 Å². The van der Waals surface area contributed by atoms with Gasteiger partial charge in [0, 0.05) is 25.7 Å². The van der Waals surface area contributed by atoms with Crippen molar-refractivity contribution in [3.63, 3.8) is 0 Å². The fourth-order valence-corrected chi connectivity index (χ4v) is 3.44. The Morgan fingerprint density at radius 2 is 2.06 bits per heavy atom. The summed E-state index contributed by atoms with van der Waals surface area (Å²) in [5.74, 6) is -1.71. The SMILES string of the molecule is CCCCn1nnnc1NC(=O)c1ccc(OC(F)F)c(NC(=O)C2CCOCC2)c1Cl. The standard InChI is InChI=1S/C19H23ClF2N6O4/c1-2-3-8-28-19(25-26-27-28)24-17(30)12-4-5-13(32-18(21)22)15(14(12)20)23-16(29)11-6-9-31-10-7-11/h4-5,11,18H,2-3,6-10H2,1H3,(H,23,29)(H,24,25,27,30). The number of carbonyl (C=O) groups is 2. The number of hydrogen-bond acceptors (Lipinski definition) is 7. The summed E-state index contributed by atoms with van der Waals surface area (Å²) in [4.78, 5) is 25.5. The Morgan fingerprint density at radius 3 is 2.75 bits per heavy atom. The van der Waals surface area contributed by atoms with Crippen LogP contribution in [0, 0.1) is 5.92 Å². The summed E-state index contributed by atoms with van der Waals surface area (Å²) in [6.45, 7) is 0.192. The normalized spacial score (nSPS) is 14.4. The van der Waals surface area contributed by atoms with E-state index in [0.717, 1.165) is 18.9 Å². The summed E-state index contributed by atoms with van der Waals surface area (Å²) in [6, 6.07) is 2.37. The highest BCUT2D eigenvalue weighted by molar-refractivity contribution is 6.37. The van der Waals surface area contributed by atoms with Crippen molar-refractivity contribution in [1.29, 1.82) is 0 Å². The van der Waals surface area contributed by atoms with Gasteiger partial charge in [-0.2, -0.15) is 8.78 Å². The van der Waals surface area contributed by atoms with E-state index in [1.54, 1.807) is 0 Å². The van der Waals surface area contributed by atoms with E-state index in [2.05, 4.69) is 30.9 Å². The smallest absolute Gasteiger partial charge is 0.387 e.